The molecule has 148 valence electrons. The predicted octanol–water partition coefficient (Wildman–Crippen LogP) is 3.66. The van der Waals surface area contributed by atoms with Gasteiger partial charge in [0.1, 0.15) is 24.3 Å². The molecule has 1 fully saturated rings. The van der Waals surface area contributed by atoms with Crippen molar-refractivity contribution in [3.8, 4) is 5.75 Å². The Balaban J connectivity index is 1.52. The molecular formula is C20H19F3N2O3. The molecule has 2 aromatic rings. The number of carbonyl (C=O) groups is 2. The average molecular weight is 392 g/mol. The molecule has 2 amide bonds. The van der Waals surface area contributed by atoms with E-state index >= 15 is 0 Å². The third-order valence-corrected chi connectivity index (χ3v) is 4.46. The zero-order valence-electron chi connectivity index (χ0n) is 14.8. The zero-order chi connectivity index (χ0) is 20.1. The summed E-state index contributed by atoms with van der Waals surface area (Å²) in [5.41, 5.74) is 1.45. The van der Waals surface area contributed by atoms with E-state index in [4.69, 9.17) is 4.74 Å². The fourth-order valence-corrected chi connectivity index (χ4v) is 2.91. The molecular weight excluding hydrogens is 373 g/mol. The van der Waals surface area contributed by atoms with Crippen LogP contribution in [-0.4, -0.2) is 24.0 Å². The molecule has 2 atom stereocenters. The summed E-state index contributed by atoms with van der Waals surface area (Å²) in [6.07, 6.45) is -4.98. The molecule has 8 heteroatoms. The van der Waals surface area contributed by atoms with E-state index in [-0.39, 0.29) is 12.8 Å². The molecule has 1 saturated heterocycles. The van der Waals surface area contributed by atoms with Crippen LogP contribution in [0.3, 0.4) is 0 Å². The van der Waals surface area contributed by atoms with E-state index in [0.717, 1.165) is 5.56 Å². The van der Waals surface area contributed by atoms with Crippen molar-refractivity contribution < 1.29 is 27.5 Å². The second kappa shape index (κ2) is 8.33. The highest BCUT2D eigenvalue weighted by atomic mass is 19.4. The van der Waals surface area contributed by atoms with Crippen LogP contribution in [0.2, 0.25) is 0 Å². The Morgan fingerprint density at radius 3 is 2.36 bits per heavy atom. The van der Waals surface area contributed by atoms with Crippen molar-refractivity contribution in [1.29, 1.82) is 0 Å². The van der Waals surface area contributed by atoms with Gasteiger partial charge in [0.15, 0.2) is 0 Å². The van der Waals surface area contributed by atoms with Crippen LogP contribution < -0.4 is 15.4 Å². The van der Waals surface area contributed by atoms with Crippen molar-refractivity contribution in [2.24, 2.45) is 5.92 Å². The first kappa shape index (κ1) is 19.7. The summed E-state index contributed by atoms with van der Waals surface area (Å²) in [4.78, 5) is 24.1. The van der Waals surface area contributed by atoms with E-state index < -0.39 is 30.0 Å². The summed E-state index contributed by atoms with van der Waals surface area (Å²) >= 11 is 0. The fraction of sp³-hybridized carbons (Fsp3) is 0.300. The number of hydrogen-bond acceptors (Lipinski definition) is 3. The first-order valence-corrected chi connectivity index (χ1v) is 8.77. The zero-order valence-corrected chi connectivity index (χ0v) is 14.8. The number of hydrogen-bond donors (Lipinski definition) is 2. The summed E-state index contributed by atoms with van der Waals surface area (Å²) < 4.78 is 43.7. The lowest BCUT2D eigenvalue weighted by Gasteiger charge is -2.29. The molecule has 0 aromatic heterocycles. The number of halogens is 3. The van der Waals surface area contributed by atoms with Crippen LogP contribution in [0.15, 0.2) is 54.6 Å². The normalized spacial score (nSPS) is 19.6. The van der Waals surface area contributed by atoms with Crippen molar-refractivity contribution in [2.45, 2.75) is 31.7 Å². The molecule has 0 unspecified atom stereocenters. The highest BCUT2D eigenvalue weighted by molar-refractivity contribution is 6.06. The second-order valence-electron chi connectivity index (χ2n) is 6.52. The maximum Gasteiger partial charge on any atom is 0.408 e. The van der Waals surface area contributed by atoms with Crippen LogP contribution in [0.1, 0.15) is 18.4 Å². The molecule has 1 aliphatic rings. The number of carbonyl (C=O) groups excluding carboxylic acids is 2. The van der Waals surface area contributed by atoms with Gasteiger partial charge in [0.05, 0.1) is 0 Å². The third kappa shape index (κ3) is 5.03. The SMILES string of the molecule is O=C(Nc1ccc(OCc2ccccc2)cc1)[C@@H]1CC[C@@H](C(F)(F)F)NC1=O. The molecule has 0 radical (unpaired) electrons. The van der Waals surface area contributed by atoms with Gasteiger partial charge in [-0.25, -0.2) is 0 Å². The summed E-state index contributed by atoms with van der Waals surface area (Å²) in [5, 5.41) is 4.43. The van der Waals surface area contributed by atoms with Crippen molar-refractivity contribution in [3.05, 3.63) is 60.2 Å². The number of rotatable bonds is 5. The van der Waals surface area contributed by atoms with Gasteiger partial charge in [-0.3, -0.25) is 9.59 Å². The van der Waals surface area contributed by atoms with Gasteiger partial charge in [-0.2, -0.15) is 13.2 Å². The molecule has 0 bridgehead atoms. The number of ether oxygens (including phenoxy) is 1. The first-order valence-electron chi connectivity index (χ1n) is 8.77. The largest absolute Gasteiger partial charge is 0.489 e. The van der Waals surface area contributed by atoms with Crippen LogP contribution >= 0.6 is 0 Å². The Morgan fingerprint density at radius 1 is 1.07 bits per heavy atom. The second-order valence-corrected chi connectivity index (χ2v) is 6.52. The molecule has 1 aliphatic heterocycles. The minimum absolute atomic E-state index is 0.153. The lowest BCUT2D eigenvalue weighted by molar-refractivity contribution is -0.170. The third-order valence-electron chi connectivity index (χ3n) is 4.46. The average Bonchev–Trinajstić information content (AvgIpc) is 2.67. The van der Waals surface area contributed by atoms with E-state index in [2.05, 4.69) is 5.32 Å². The Labute approximate surface area is 159 Å². The van der Waals surface area contributed by atoms with E-state index in [0.29, 0.717) is 18.0 Å². The summed E-state index contributed by atoms with van der Waals surface area (Å²) in [5.74, 6) is -2.08. The number of alkyl halides is 3. The van der Waals surface area contributed by atoms with E-state index in [9.17, 15) is 22.8 Å². The Kier molecular flexibility index (Phi) is 5.87. The molecule has 0 aliphatic carbocycles. The van der Waals surface area contributed by atoms with Crippen LogP contribution in [0.5, 0.6) is 5.75 Å². The van der Waals surface area contributed by atoms with Crippen LogP contribution in [0.4, 0.5) is 18.9 Å². The van der Waals surface area contributed by atoms with Crippen molar-refractivity contribution in [2.75, 3.05) is 5.32 Å². The molecule has 5 nitrogen and oxygen atoms in total. The maximum atomic E-state index is 12.7. The van der Waals surface area contributed by atoms with Crippen molar-refractivity contribution >= 4 is 17.5 Å². The highest BCUT2D eigenvalue weighted by Crippen LogP contribution is 2.29. The monoisotopic (exact) mass is 392 g/mol. The molecule has 3 rings (SSSR count). The van der Waals surface area contributed by atoms with E-state index in [1.165, 1.54) is 0 Å². The summed E-state index contributed by atoms with van der Waals surface area (Å²) in [7, 11) is 0. The van der Waals surface area contributed by atoms with Gasteiger partial charge in [-0.1, -0.05) is 30.3 Å². The molecule has 1 heterocycles. The maximum absolute atomic E-state index is 12.7. The van der Waals surface area contributed by atoms with Crippen LogP contribution in [-0.2, 0) is 16.2 Å². The highest BCUT2D eigenvalue weighted by Gasteiger charge is 2.45. The van der Waals surface area contributed by atoms with Crippen molar-refractivity contribution in [1.82, 2.24) is 5.32 Å². The lowest BCUT2D eigenvalue weighted by atomic mass is 9.92. The number of nitrogens with one attached hydrogen (secondary N) is 2. The Hall–Kier alpha value is -3.03. The van der Waals surface area contributed by atoms with Crippen LogP contribution in [0, 0.1) is 5.92 Å². The lowest BCUT2D eigenvalue weighted by Crippen LogP contribution is -2.53. The summed E-state index contributed by atoms with van der Waals surface area (Å²) in [6.45, 7) is 0.398. The topological polar surface area (TPSA) is 67.4 Å². The quantitative estimate of drug-likeness (QED) is 0.763. The van der Waals surface area contributed by atoms with E-state index in [1.807, 2.05) is 35.6 Å². The molecule has 28 heavy (non-hydrogen) atoms. The smallest absolute Gasteiger partial charge is 0.408 e. The van der Waals surface area contributed by atoms with Gasteiger partial charge in [0.25, 0.3) is 0 Å². The predicted molar refractivity (Wildman–Crippen MR) is 96.6 cm³/mol. The Bertz CT molecular complexity index is 823. The molecule has 2 aromatic carbocycles. The van der Waals surface area contributed by atoms with Gasteiger partial charge in [-0.05, 0) is 42.7 Å². The molecule has 2 N–H and O–H groups in total. The standard InChI is InChI=1S/C20H19F3N2O3/c21-20(22,23)17-11-10-16(19(27)25-17)18(26)24-14-6-8-15(9-7-14)28-12-13-4-2-1-3-5-13/h1-9,16-17H,10-12H2,(H,24,26)(H,25,27)/t16-,17-/m0/s1. The number of amides is 2. The van der Waals surface area contributed by atoms with Gasteiger partial charge in [0, 0.05) is 5.69 Å². The molecule has 0 saturated carbocycles. The first-order chi connectivity index (χ1) is 13.3. The van der Waals surface area contributed by atoms with Crippen molar-refractivity contribution in [3.63, 3.8) is 0 Å². The van der Waals surface area contributed by atoms with Crippen LogP contribution in [0.25, 0.3) is 0 Å². The number of piperidine rings is 1. The number of benzene rings is 2. The van der Waals surface area contributed by atoms with Gasteiger partial charge in [0.2, 0.25) is 11.8 Å². The van der Waals surface area contributed by atoms with Gasteiger partial charge < -0.3 is 15.4 Å². The minimum Gasteiger partial charge on any atom is -0.489 e. The molecule has 0 spiro atoms. The Morgan fingerprint density at radius 2 is 1.75 bits per heavy atom. The van der Waals surface area contributed by atoms with Gasteiger partial charge >= 0.3 is 6.18 Å². The summed E-state index contributed by atoms with van der Waals surface area (Å²) in [6, 6.07) is 14.3. The van der Waals surface area contributed by atoms with Gasteiger partial charge in [-0.15, -0.1) is 0 Å². The van der Waals surface area contributed by atoms with E-state index in [1.54, 1.807) is 24.3 Å². The number of anilines is 1. The fourth-order valence-electron chi connectivity index (χ4n) is 2.91. The minimum atomic E-state index is -4.51.